The normalized spacial score (nSPS) is 11.3. The molecule has 0 fully saturated rings. The van der Waals surface area contributed by atoms with Crippen molar-refractivity contribution in [1.82, 2.24) is 15.1 Å². The molecule has 29 heavy (non-hydrogen) atoms. The maximum Gasteiger partial charge on any atom is 0.132 e. The zero-order valence-corrected chi connectivity index (χ0v) is 15.9. The molecule has 1 N–H and O–H groups in total. The molecule has 5 aromatic rings. The number of rotatable bonds is 6. The molecule has 0 saturated carbocycles. The summed E-state index contributed by atoms with van der Waals surface area (Å²) in [6.07, 6.45) is 3.37. The zero-order chi connectivity index (χ0) is 19.6. The van der Waals surface area contributed by atoms with E-state index in [1.54, 1.807) is 19.4 Å². The van der Waals surface area contributed by atoms with Crippen LogP contribution in [0.2, 0.25) is 0 Å². The molecular formula is C23H19N3O3. The molecule has 2 aromatic carbocycles. The molecule has 0 saturated heterocycles. The fourth-order valence-corrected chi connectivity index (χ4v) is 3.61. The maximum absolute atomic E-state index is 6.03. The van der Waals surface area contributed by atoms with Crippen molar-refractivity contribution < 1.29 is 14.0 Å². The summed E-state index contributed by atoms with van der Waals surface area (Å²) in [6, 6.07) is 18.0. The Morgan fingerprint density at radius 2 is 1.90 bits per heavy atom. The largest absolute Gasteiger partial charge is 0.489 e. The van der Waals surface area contributed by atoms with Crippen molar-refractivity contribution in [2.75, 3.05) is 7.11 Å². The molecule has 0 bridgehead atoms. The summed E-state index contributed by atoms with van der Waals surface area (Å²) >= 11 is 0. The Balaban J connectivity index is 1.61. The molecule has 0 spiro atoms. The molecule has 6 heteroatoms. The topological polar surface area (TPSA) is 73.2 Å². The number of ether oxygens (including phenoxy) is 2. The van der Waals surface area contributed by atoms with Gasteiger partial charge in [0.1, 0.15) is 24.3 Å². The van der Waals surface area contributed by atoms with Crippen LogP contribution in [-0.4, -0.2) is 22.2 Å². The van der Waals surface area contributed by atoms with Crippen molar-refractivity contribution in [1.29, 1.82) is 0 Å². The summed E-state index contributed by atoms with van der Waals surface area (Å²) in [7, 11) is 1.68. The highest BCUT2D eigenvalue weighted by atomic mass is 16.5. The minimum absolute atomic E-state index is 0.411. The first-order chi connectivity index (χ1) is 14.3. The molecule has 0 aliphatic carbocycles. The van der Waals surface area contributed by atoms with E-state index >= 15 is 0 Å². The summed E-state index contributed by atoms with van der Waals surface area (Å²) in [5.74, 6) is 0.811. The van der Waals surface area contributed by atoms with Crippen molar-refractivity contribution in [2.24, 2.45) is 0 Å². The lowest BCUT2D eigenvalue weighted by Crippen LogP contribution is -1.97. The van der Waals surface area contributed by atoms with Gasteiger partial charge in [-0.2, -0.15) is 0 Å². The lowest BCUT2D eigenvalue weighted by Gasteiger charge is -2.09. The van der Waals surface area contributed by atoms with Gasteiger partial charge in [-0.15, -0.1) is 0 Å². The molecule has 0 aliphatic heterocycles. The van der Waals surface area contributed by atoms with Gasteiger partial charge in [0.05, 0.1) is 24.0 Å². The van der Waals surface area contributed by atoms with Gasteiger partial charge in [0.25, 0.3) is 0 Å². The van der Waals surface area contributed by atoms with Gasteiger partial charge < -0.3 is 19.0 Å². The molecule has 3 heterocycles. The Labute approximate surface area is 167 Å². The molecule has 3 aromatic heterocycles. The Morgan fingerprint density at radius 3 is 2.69 bits per heavy atom. The van der Waals surface area contributed by atoms with E-state index in [1.807, 2.05) is 36.5 Å². The summed E-state index contributed by atoms with van der Waals surface area (Å²) < 4.78 is 16.5. The van der Waals surface area contributed by atoms with Crippen LogP contribution in [0.15, 0.2) is 71.6 Å². The van der Waals surface area contributed by atoms with Crippen LogP contribution in [0.5, 0.6) is 5.75 Å². The van der Waals surface area contributed by atoms with E-state index in [2.05, 4.69) is 33.3 Å². The first kappa shape index (κ1) is 17.5. The molecule has 0 amide bonds. The highest BCUT2D eigenvalue weighted by Crippen LogP contribution is 2.35. The summed E-state index contributed by atoms with van der Waals surface area (Å²) in [6.45, 7) is 0.931. The molecular weight excluding hydrogens is 366 g/mol. The second kappa shape index (κ2) is 7.41. The summed E-state index contributed by atoms with van der Waals surface area (Å²) in [4.78, 5) is 8.03. The molecule has 0 radical (unpaired) electrons. The van der Waals surface area contributed by atoms with Crippen molar-refractivity contribution in [3.05, 3.63) is 78.2 Å². The lowest BCUT2D eigenvalue weighted by atomic mass is 10.0. The predicted molar refractivity (Wildman–Crippen MR) is 111 cm³/mol. The number of methoxy groups -OCH3 is 1. The third-order valence-corrected chi connectivity index (χ3v) is 4.93. The van der Waals surface area contributed by atoms with Crippen molar-refractivity contribution >= 4 is 21.8 Å². The summed E-state index contributed by atoms with van der Waals surface area (Å²) in [5.41, 5.74) is 5.49. The van der Waals surface area contributed by atoms with Gasteiger partial charge in [-0.3, -0.25) is 4.98 Å². The smallest absolute Gasteiger partial charge is 0.132 e. The molecule has 0 aliphatic rings. The van der Waals surface area contributed by atoms with E-state index in [9.17, 15) is 0 Å². The third-order valence-electron chi connectivity index (χ3n) is 4.93. The second-order valence-corrected chi connectivity index (χ2v) is 6.80. The number of H-pyrrole nitrogens is 1. The van der Waals surface area contributed by atoms with Crippen molar-refractivity contribution in [3.63, 3.8) is 0 Å². The van der Waals surface area contributed by atoms with Crippen molar-refractivity contribution in [3.8, 4) is 17.1 Å². The zero-order valence-electron chi connectivity index (χ0n) is 15.9. The van der Waals surface area contributed by atoms with Crippen LogP contribution in [0.1, 0.15) is 11.1 Å². The van der Waals surface area contributed by atoms with Gasteiger partial charge in [-0.25, -0.2) is 0 Å². The van der Waals surface area contributed by atoms with E-state index < -0.39 is 0 Å². The van der Waals surface area contributed by atoms with Crippen LogP contribution in [0, 0.1) is 0 Å². The van der Waals surface area contributed by atoms with Gasteiger partial charge in [0.15, 0.2) is 0 Å². The van der Waals surface area contributed by atoms with Gasteiger partial charge >= 0.3 is 0 Å². The van der Waals surface area contributed by atoms with Crippen LogP contribution < -0.4 is 4.74 Å². The number of nitrogens with zero attached hydrogens (tertiary/aromatic N) is 2. The Bertz CT molecular complexity index is 1260. The van der Waals surface area contributed by atoms with E-state index in [0.717, 1.165) is 44.4 Å². The second-order valence-electron chi connectivity index (χ2n) is 6.80. The summed E-state index contributed by atoms with van der Waals surface area (Å²) in [5, 5.41) is 6.17. The molecule has 5 rings (SSSR count). The minimum Gasteiger partial charge on any atom is -0.489 e. The van der Waals surface area contributed by atoms with E-state index in [1.165, 1.54) is 0 Å². The number of aromatic nitrogens is 3. The lowest BCUT2D eigenvalue weighted by molar-refractivity contribution is 0.186. The fraction of sp³-hybridized carbons (Fsp3) is 0.130. The number of aromatic amines is 1. The molecule has 0 unspecified atom stereocenters. The average Bonchev–Trinajstić information content (AvgIpc) is 3.41. The van der Waals surface area contributed by atoms with E-state index in [0.29, 0.717) is 18.9 Å². The van der Waals surface area contributed by atoms with Gasteiger partial charge in [-0.05, 0) is 23.8 Å². The monoisotopic (exact) mass is 385 g/mol. The number of benzene rings is 2. The minimum atomic E-state index is 0.411. The standard InChI is InChI=1S/C23H19N3O3/c1-27-14-18-22-17-11-16(28-13-15-5-3-2-4-6-15)7-8-19(17)25-21(22)12-24-23(18)20-9-10-29-26-20/h2-12,25H,13-14H2,1H3. The number of nitrogens with one attached hydrogen (secondary N) is 1. The van der Waals surface area contributed by atoms with Gasteiger partial charge in [-0.1, -0.05) is 35.5 Å². The third kappa shape index (κ3) is 3.23. The molecule has 0 atom stereocenters. The van der Waals surface area contributed by atoms with Crippen LogP contribution >= 0.6 is 0 Å². The van der Waals surface area contributed by atoms with Crippen LogP contribution in [0.25, 0.3) is 33.2 Å². The Kier molecular flexibility index (Phi) is 4.46. The first-order valence-corrected chi connectivity index (χ1v) is 9.33. The van der Waals surface area contributed by atoms with Crippen molar-refractivity contribution in [2.45, 2.75) is 13.2 Å². The molecule has 6 nitrogen and oxygen atoms in total. The number of hydrogen-bond donors (Lipinski definition) is 1. The average molecular weight is 385 g/mol. The van der Waals surface area contributed by atoms with E-state index in [4.69, 9.17) is 14.0 Å². The Hall–Kier alpha value is -3.64. The fourth-order valence-electron chi connectivity index (χ4n) is 3.61. The van der Waals surface area contributed by atoms with Crippen LogP contribution in [0.4, 0.5) is 0 Å². The highest BCUT2D eigenvalue weighted by Gasteiger charge is 2.17. The van der Waals surface area contributed by atoms with Gasteiger partial charge in [0, 0.05) is 35.0 Å². The number of pyridine rings is 1. The molecule has 144 valence electrons. The predicted octanol–water partition coefficient (Wildman–Crippen LogP) is 5.10. The highest BCUT2D eigenvalue weighted by molar-refractivity contribution is 6.10. The number of hydrogen-bond acceptors (Lipinski definition) is 5. The SMILES string of the molecule is COCc1c(-c2ccon2)ncc2[nH]c3ccc(OCc4ccccc4)cc3c12. The van der Waals surface area contributed by atoms with Crippen LogP contribution in [0.3, 0.4) is 0 Å². The van der Waals surface area contributed by atoms with E-state index in [-0.39, 0.29) is 0 Å². The van der Waals surface area contributed by atoms with Gasteiger partial charge in [0.2, 0.25) is 0 Å². The Morgan fingerprint density at radius 1 is 1.00 bits per heavy atom. The van der Waals surface area contributed by atoms with Crippen LogP contribution in [-0.2, 0) is 18.0 Å². The first-order valence-electron chi connectivity index (χ1n) is 9.33. The maximum atomic E-state index is 6.03. The quantitative estimate of drug-likeness (QED) is 0.440. The number of fused-ring (bicyclic) bond motifs is 3.